The van der Waals surface area contributed by atoms with Gasteiger partial charge < -0.3 is 14.5 Å². The van der Waals surface area contributed by atoms with E-state index in [0.717, 1.165) is 40.6 Å². The Bertz CT molecular complexity index is 1050. The smallest absolute Gasteiger partial charge is 0.144 e. The number of ketones is 1. The van der Waals surface area contributed by atoms with Crippen LogP contribution in [0.15, 0.2) is 76.3 Å². The van der Waals surface area contributed by atoms with E-state index in [1.54, 1.807) is 13.4 Å². The van der Waals surface area contributed by atoms with Crippen LogP contribution >= 0.6 is 0 Å². The van der Waals surface area contributed by atoms with E-state index in [-0.39, 0.29) is 23.7 Å². The predicted octanol–water partition coefficient (Wildman–Crippen LogP) is 5.29. The third-order valence-corrected chi connectivity index (χ3v) is 5.86. The molecule has 1 N–H and O–H groups in total. The molecule has 2 aromatic carbocycles. The van der Waals surface area contributed by atoms with Gasteiger partial charge in [-0.25, -0.2) is 0 Å². The summed E-state index contributed by atoms with van der Waals surface area (Å²) in [4.78, 5) is 18.3. The van der Waals surface area contributed by atoms with Crippen molar-refractivity contribution in [3.05, 3.63) is 78.3 Å². The minimum Gasteiger partial charge on any atom is -0.497 e. The fraction of sp³-hybridized carbons (Fsp3) is 0.250. The molecule has 5 nitrogen and oxygen atoms in total. The first-order valence-corrected chi connectivity index (χ1v) is 9.86. The Hall–Kier alpha value is -3.34. The Labute approximate surface area is 169 Å². The normalized spacial score (nSPS) is 23.3. The summed E-state index contributed by atoms with van der Waals surface area (Å²) in [5, 5.41) is 3.52. The van der Waals surface area contributed by atoms with Gasteiger partial charge in [0, 0.05) is 12.1 Å². The topological polar surface area (TPSA) is 63.8 Å². The summed E-state index contributed by atoms with van der Waals surface area (Å²) in [6, 6.07) is 19.4. The van der Waals surface area contributed by atoms with Crippen LogP contribution in [0.2, 0.25) is 0 Å². The number of hydrogen-bond donors (Lipinski definition) is 1. The first-order chi connectivity index (χ1) is 14.2. The number of carbonyl (C=O) groups is 1. The molecule has 1 saturated carbocycles. The minimum absolute atomic E-state index is 0.117. The summed E-state index contributed by atoms with van der Waals surface area (Å²) in [5.41, 5.74) is 3.84. The second-order valence-electron chi connectivity index (χ2n) is 7.58. The van der Waals surface area contributed by atoms with E-state index in [4.69, 9.17) is 14.1 Å². The molecule has 1 aliphatic heterocycles. The number of nitrogens with zero attached hydrogens (tertiary/aromatic N) is 1. The molecule has 0 saturated heterocycles. The molecule has 2 aliphatic rings. The molecule has 1 aromatic heterocycles. The maximum atomic E-state index is 13.4. The highest BCUT2D eigenvalue weighted by atomic mass is 16.5. The van der Waals surface area contributed by atoms with Crippen molar-refractivity contribution in [1.82, 2.24) is 0 Å². The average molecular weight is 386 g/mol. The molecule has 1 unspecified atom stereocenters. The standard InChI is InChI=1S/C24H22N2O3/c1-28-17-10-8-15(9-11-17)16-13-20-23(21(27)14-16)24(22-7-4-12-29-22)26-19-6-3-2-5-18(19)25-20/h2-12,16,23-24,26H,13-14H2,1H3/t16-,23?,24-/m1/s1. The van der Waals surface area contributed by atoms with Gasteiger partial charge in [-0.15, -0.1) is 0 Å². The third kappa shape index (κ3) is 3.23. The quantitative estimate of drug-likeness (QED) is 0.664. The van der Waals surface area contributed by atoms with Crippen LogP contribution < -0.4 is 10.1 Å². The highest BCUT2D eigenvalue weighted by Crippen LogP contribution is 2.44. The number of carbonyl (C=O) groups excluding carboxylic acids is 1. The van der Waals surface area contributed by atoms with E-state index in [1.165, 1.54) is 0 Å². The molecule has 0 bridgehead atoms. The van der Waals surface area contributed by atoms with Gasteiger partial charge in [-0.1, -0.05) is 24.3 Å². The van der Waals surface area contributed by atoms with Gasteiger partial charge in [0.15, 0.2) is 0 Å². The predicted molar refractivity (Wildman–Crippen MR) is 112 cm³/mol. The van der Waals surface area contributed by atoms with Crippen molar-refractivity contribution in [2.45, 2.75) is 24.8 Å². The van der Waals surface area contributed by atoms with Gasteiger partial charge >= 0.3 is 0 Å². The van der Waals surface area contributed by atoms with Crippen molar-refractivity contribution in [2.24, 2.45) is 10.9 Å². The van der Waals surface area contributed by atoms with E-state index in [1.807, 2.05) is 60.7 Å². The van der Waals surface area contributed by atoms with Crippen molar-refractivity contribution in [3.8, 4) is 5.75 Å². The molecule has 5 rings (SSSR count). The Kier molecular flexibility index (Phi) is 4.43. The summed E-state index contributed by atoms with van der Waals surface area (Å²) >= 11 is 0. The van der Waals surface area contributed by atoms with Gasteiger partial charge in [0.1, 0.15) is 17.3 Å². The van der Waals surface area contributed by atoms with Gasteiger partial charge in [-0.05, 0) is 54.3 Å². The van der Waals surface area contributed by atoms with E-state index >= 15 is 0 Å². The number of rotatable bonds is 3. The number of furan rings is 1. The van der Waals surface area contributed by atoms with Crippen LogP contribution in [0.5, 0.6) is 5.75 Å². The number of anilines is 1. The highest BCUT2D eigenvalue weighted by Gasteiger charge is 2.42. The molecule has 2 heterocycles. The maximum absolute atomic E-state index is 13.4. The third-order valence-electron chi connectivity index (χ3n) is 5.86. The van der Waals surface area contributed by atoms with Gasteiger partial charge in [0.05, 0.1) is 36.7 Å². The van der Waals surface area contributed by atoms with Crippen LogP contribution in [0.4, 0.5) is 11.4 Å². The molecular formula is C24H22N2O3. The Morgan fingerprint density at radius 2 is 1.86 bits per heavy atom. The SMILES string of the molecule is COc1ccc([C@H]2CC(=O)C3C(=Nc4ccccc4N[C@@H]3c3ccco3)C2)cc1. The maximum Gasteiger partial charge on any atom is 0.144 e. The molecule has 1 fully saturated rings. The molecule has 0 spiro atoms. The number of ether oxygens (including phenoxy) is 1. The van der Waals surface area contributed by atoms with Crippen LogP contribution in [0.3, 0.4) is 0 Å². The lowest BCUT2D eigenvalue weighted by Gasteiger charge is -2.32. The number of hydrogen-bond acceptors (Lipinski definition) is 5. The van der Waals surface area contributed by atoms with E-state index in [2.05, 4.69) is 5.32 Å². The molecule has 5 heteroatoms. The van der Waals surface area contributed by atoms with Crippen molar-refractivity contribution >= 4 is 22.9 Å². The molecule has 146 valence electrons. The Morgan fingerprint density at radius 1 is 1.03 bits per heavy atom. The van der Waals surface area contributed by atoms with Crippen molar-refractivity contribution in [2.75, 3.05) is 12.4 Å². The van der Waals surface area contributed by atoms with Gasteiger partial charge in [-0.3, -0.25) is 9.79 Å². The molecule has 3 atom stereocenters. The molecule has 29 heavy (non-hydrogen) atoms. The van der Waals surface area contributed by atoms with Gasteiger partial charge in [0.25, 0.3) is 0 Å². The monoisotopic (exact) mass is 386 g/mol. The number of Topliss-reactive ketones (excluding diaryl/α,β-unsaturated/α-hetero) is 1. The molecule has 0 amide bonds. The summed E-state index contributed by atoms with van der Waals surface area (Å²) in [6.07, 6.45) is 2.89. The first kappa shape index (κ1) is 17.7. The number of benzene rings is 2. The number of para-hydroxylation sites is 2. The minimum atomic E-state index is -0.331. The summed E-state index contributed by atoms with van der Waals surface area (Å²) in [6.45, 7) is 0. The molecular weight excluding hydrogens is 364 g/mol. The van der Waals surface area contributed by atoms with Gasteiger partial charge in [-0.2, -0.15) is 0 Å². The highest BCUT2D eigenvalue weighted by molar-refractivity contribution is 6.10. The number of nitrogens with one attached hydrogen (secondary N) is 1. The Morgan fingerprint density at radius 3 is 2.62 bits per heavy atom. The zero-order chi connectivity index (χ0) is 19.8. The summed E-state index contributed by atoms with van der Waals surface area (Å²) < 4.78 is 11.0. The summed E-state index contributed by atoms with van der Waals surface area (Å²) in [5.74, 6) is 1.55. The van der Waals surface area contributed by atoms with Crippen LogP contribution in [0, 0.1) is 5.92 Å². The van der Waals surface area contributed by atoms with Gasteiger partial charge in [0.2, 0.25) is 0 Å². The zero-order valence-corrected chi connectivity index (χ0v) is 16.2. The van der Waals surface area contributed by atoms with E-state index in [0.29, 0.717) is 6.42 Å². The number of aliphatic imine (C=N–C) groups is 1. The van der Waals surface area contributed by atoms with E-state index in [9.17, 15) is 4.79 Å². The molecule has 0 radical (unpaired) electrons. The second kappa shape index (κ2) is 7.24. The molecule has 3 aromatic rings. The summed E-state index contributed by atoms with van der Waals surface area (Å²) in [7, 11) is 1.66. The molecule has 1 aliphatic carbocycles. The lowest BCUT2D eigenvalue weighted by molar-refractivity contribution is -0.122. The van der Waals surface area contributed by atoms with Crippen LogP contribution in [-0.2, 0) is 4.79 Å². The largest absolute Gasteiger partial charge is 0.497 e. The zero-order valence-electron chi connectivity index (χ0n) is 16.2. The Balaban J connectivity index is 1.55. The lowest BCUT2D eigenvalue weighted by Crippen LogP contribution is -2.38. The number of fused-ring (bicyclic) bond motifs is 2. The van der Waals surface area contributed by atoms with Crippen LogP contribution in [-0.4, -0.2) is 18.6 Å². The van der Waals surface area contributed by atoms with Crippen molar-refractivity contribution in [3.63, 3.8) is 0 Å². The average Bonchev–Trinajstić information content (AvgIpc) is 3.22. The number of methoxy groups -OCH3 is 1. The van der Waals surface area contributed by atoms with Crippen molar-refractivity contribution in [1.29, 1.82) is 0 Å². The van der Waals surface area contributed by atoms with E-state index < -0.39 is 0 Å². The van der Waals surface area contributed by atoms with Crippen LogP contribution in [0.1, 0.15) is 36.1 Å². The second-order valence-corrected chi connectivity index (χ2v) is 7.58. The van der Waals surface area contributed by atoms with Crippen molar-refractivity contribution < 1.29 is 13.9 Å². The fourth-order valence-corrected chi connectivity index (χ4v) is 4.41. The van der Waals surface area contributed by atoms with Crippen LogP contribution in [0.25, 0.3) is 0 Å². The first-order valence-electron chi connectivity index (χ1n) is 9.86. The lowest BCUT2D eigenvalue weighted by atomic mass is 9.73. The fourth-order valence-electron chi connectivity index (χ4n) is 4.41.